The van der Waals surface area contributed by atoms with Crippen LogP contribution in [-0.4, -0.2) is 26.0 Å². The van der Waals surface area contributed by atoms with Crippen molar-refractivity contribution in [2.24, 2.45) is 16.6 Å². The molecule has 0 fully saturated rings. The van der Waals surface area contributed by atoms with Crippen molar-refractivity contribution in [2.45, 2.75) is 60.3 Å². The van der Waals surface area contributed by atoms with Crippen LogP contribution in [-0.2, 0) is 4.74 Å². The standard InChI is InChI=1S/C33H42N2O2/c1-8-28-13-14-32(27(7)35-22-29(9-2)15-16-34)33(21-28)37-31-19-26(6)25(5)18-30(20-31)12-10-11-17-36-23-24(3)4/h1,9,13-14,19-22,24H,7,10-12,15-17,23,34H2,2-6H3/b29-9-,35-22?. The van der Waals surface area contributed by atoms with Crippen molar-refractivity contribution in [3.8, 4) is 18.1 Å². The quantitative estimate of drug-likeness (QED) is 0.125. The molecule has 0 atom stereocenters. The monoisotopic (exact) mass is 498 g/mol. The maximum atomic E-state index is 6.45. The molecule has 0 saturated carbocycles. The Morgan fingerprint density at radius 3 is 2.70 bits per heavy atom. The molecule has 0 aliphatic heterocycles. The Kier molecular flexibility index (Phi) is 12.7. The van der Waals surface area contributed by atoms with E-state index in [9.17, 15) is 0 Å². The summed E-state index contributed by atoms with van der Waals surface area (Å²) in [7, 11) is 0. The summed E-state index contributed by atoms with van der Waals surface area (Å²) < 4.78 is 12.2. The van der Waals surface area contributed by atoms with E-state index in [0.29, 0.717) is 23.9 Å². The van der Waals surface area contributed by atoms with Crippen LogP contribution in [0.2, 0.25) is 0 Å². The van der Waals surface area contributed by atoms with Crippen LogP contribution in [0.25, 0.3) is 5.70 Å². The van der Waals surface area contributed by atoms with E-state index in [1.165, 1.54) is 0 Å². The van der Waals surface area contributed by atoms with E-state index in [0.717, 1.165) is 78.1 Å². The molecule has 0 radical (unpaired) electrons. The first-order valence-electron chi connectivity index (χ1n) is 13.1. The Morgan fingerprint density at radius 2 is 2.03 bits per heavy atom. The first kappa shape index (κ1) is 29.9. The lowest BCUT2D eigenvalue weighted by molar-refractivity contribution is 0.107. The fraction of sp³-hybridized carbons (Fsp3) is 0.394. The number of nitrogens with two attached hydrogens (primary N) is 1. The normalized spacial score (nSPS) is 14.1. The molecule has 0 spiro atoms. The molecule has 1 aromatic rings. The molecule has 0 saturated heterocycles. The molecule has 0 aromatic heterocycles. The second-order valence-corrected chi connectivity index (χ2v) is 9.64. The van der Waals surface area contributed by atoms with Crippen molar-refractivity contribution in [1.29, 1.82) is 0 Å². The Labute approximate surface area is 224 Å². The number of hydrogen-bond acceptors (Lipinski definition) is 4. The van der Waals surface area contributed by atoms with Gasteiger partial charge in [0.05, 0.1) is 5.70 Å². The van der Waals surface area contributed by atoms with Gasteiger partial charge in [0.1, 0.15) is 11.5 Å². The molecule has 37 heavy (non-hydrogen) atoms. The zero-order valence-corrected chi connectivity index (χ0v) is 23.2. The number of benzene rings is 1. The molecule has 2 N–H and O–H groups in total. The van der Waals surface area contributed by atoms with Gasteiger partial charge in [0.2, 0.25) is 0 Å². The van der Waals surface area contributed by atoms with Crippen molar-refractivity contribution < 1.29 is 9.47 Å². The van der Waals surface area contributed by atoms with Crippen LogP contribution in [0.3, 0.4) is 0 Å². The highest BCUT2D eigenvalue weighted by Crippen LogP contribution is 2.31. The molecule has 2 rings (SSSR count). The highest BCUT2D eigenvalue weighted by atomic mass is 16.5. The molecule has 1 aliphatic carbocycles. The van der Waals surface area contributed by atoms with Crippen molar-refractivity contribution in [3.05, 3.63) is 87.9 Å². The smallest absolute Gasteiger partial charge is 0.138 e. The van der Waals surface area contributed by atoms with E-state index >= 15 is 0 Å². The molecule has 4 nitrogen and oxygen atoms in total. The lowest BCUT2D eigenvalue weighted by Gasteiger charge is -2.13. The van der Waals surface area contributed by atoms with Crippen LogP contribution >= 0.6 is 0 Å². The number of hydrogen-bond donors (Lipinski definition) is 1. The molecular formula is C33H42N2O2. The van der Waals surface area contributed by atoms with Crippen LogP contribution in [0.1, 0.15) is 71.4 Å². The zero-order chi connectivity index (χ0) is 27.2. The second kappa shape index (κ2) is 15.7. The molecule has 4 heteroatoms. The van der Waals surface area contributed by atoms with Gasteiger partial charge in [0.25, 0.3) is 0 Å². The van der Waals surface area contributed by atoms with E-state index in [2.05, 4.69) is 57.0 Å². The number of nitrogens with zero attached hydrogens (tertiary/aromatic N) is 1. The molecule has 1 aromatic carbocycles. The number of rotatable bonds is 14. The van der Waals surface area contributed by atoms with Crippen LogP contribution in [0.15, 0.2) is 81.8 Å². The maximum absolute atomic E-state index is 6.45. The Hall–Kier alpha value is -3.35. The highest BCUT2D eigenvalue weighted by molar-refractivity contribution is 5.85. The van der Waals surface area contributed by atoms with Gasteiger partial charge in [-0.3, -0.25) is 4.99 Å². The fourth-order valence-corrected chi connectivity index (χ4v) is 3.69. The van der Waals surface area contributed by atoms with E-state index in [1.807, 2.05) is 43.5 Å². The van der Waals surface area contributed by atoms with Crippen molar-refractivity contribution in [2.75, 3.05) is 19.8 Å². The minimum Gasteiger partial charge on any atom is -0.457 e. The SMILES string of the molecule is C#Cc1ccc(C(=C)N=C/C(=C\C)CCN)c(OC2=CC(CCCCOCC(C)C)=C=C(C)C(C)=C2)c1. The minimum atomic E-state index is 0.558. The van der Waals surface area contributed by atoms with Crippen molar-refractivity contribution >= 4 is 11.9 Å². The van der Waals surface area contributed by atoms with Crippen LogP contribution < -0.4 is 10.5 Å². The topological polar surface area (TPSA) is 56.8 Å². The number of allylic oxidation sites excluding steroid dienone is 5. The van der Waals surface area contributed by atoms with E-state index in [-0.39, 0.29) is 0 Å². The summed E-state index contributed by atoms with van der Waals surface area (Å²) in [4.78, 5) is 4.59. The van der Waals surface area contributed by atoms with Crippen molar-refractivity contribution in [3.63, 3.8) is 0 Å². The fourth-order valence-electron chi connectivity index (χ4n) is 3.69. The molecular weight excluding hydrogens is 456 g/mol. The number of unbranched alkanes of at least 4 members (excludes halogenated alkanes) is 1. The third-order valence-electron chi connectivity index (χ3n) is 5.93. The van der Waals surface area contributed by atoms with Gasteiger partial charge in [-0.25, -0.2) is 0 Å². The van der Waals surface area contributed by atoms with Crippen LogP contribution in [0.4, 0.5) is 0 Å². The molecule has 0 amide bonds. The molecule has 0 unspecified atom stereocenters. The summed E-state index contributed by atoms with van der Waals surface area (Å²) in [5, 5.41) is 0. The largest absolute Gasteiger partial charge is 0.457 e. The summed E-state index contributed by atoms with van der Waals surface area (Å²) in [6, 6.07) is 5.64. The summed E-state index contributed by atoms with van der Waals surface area (Å²) in [5.41, 5.74) is 15.7. The van der Waals surface area contributed by atoms with Gasteiger partial charge in [0.15, 0.2) is 0 Å². The van der Waals surface area contributed by atoms with Crippen molar-refractivity contribution in [1.82, 2.24) is 0 Å². The first-order chi connectivity index (χ1) is 17.8. The Balaban J connectivity index is 2.26. The number of ether oxygens (including phenoxy) is 2. The molecule has 1 aliphatic rings. The van der Waals surface area contributed by atoms with Gasteiger partial charge in [-0.15, -0.1) is 12.2 Å². The van der Waals surface area contributed by atoms with Gasteiger partial charge in [-0.1, -0.05) is 32.4 Å². The van der Waals surface area contributed by atoms with E-state index in [1.54, 1.807) is 0 Å². The minimum absolute atomic E-state index is 0.558. The van der Waals surface area contributed by atoms with Gasteiger partial charge >= 0.3 is 0 Å². The second-order valence-electron chi connectivity index (χ2n) is 9.64. The number of aliphatic imine (C=N–C) groups is 1. The van der Waals surface area contributed by atoms with E-state index in [4.69, 9.17) is 21.6 Å². The number of terminal acetylenes is 1. The lowest BCUT2D eigenvalue weighted by Crippen LogP contribution is -2.03. The third-order valence-corrected chi connectivity index (χ3v) is 5.93. The predicted octanol–water partition coefficient (Wildman–Crippen LogP) is 7.54. The molecule has 0 heterocycles. The average Bonchev–Trinajstić information content (AvgIpc) is 3.00. The predicted molar refractivity (Wildman–Crippen MR) is 158 cm³/mol. The summed E-state index contributed by atoms with van der Waals surface area (Å²) in [6.07, 6.45) is 17.3. The Morgan fingerprint density at radius 1 is 1.24 bits per heavy atom. The zero-order valence-electron chi connectivity index (χ0n) is 23.2. The maximum Gasteiger partial charge on any atom is 0.138 e. The van der Waals surface area contributed by atoms with Gasteiger partial charge < -0.3 is 15.2 Å². The molecule has 0 bridgehead atoms. The first-order valence-corrected chi connectivity index (χ1v) is 13.1. The average molecular weight is 499 g/mol. The van der Waals surface area contributed by atoms with Gasteiger partial charge in [-0.05, 0) is 112 Å². The van der Waals surface area contributed by atoms with Crippen LogP contribution in [0.5, 0.6) is 5.75 Å². The van der Waals surface area contributed by atoms with Gasteiger partial charge in [-0.2, -0.15) is 0 Å². The van der Waals surface area contributed by atoms with Gasteiger partial charge in [0, 0.05) is 30.6 Å². The highest BCUT2D eigenvalue weighted by Gasteiger charge is 2.12. The van der Waals surface area contributed by atoms with E-state index < -0.39 is 0 Å². The summed E-state index contributed by atoms with van der Waals surface area (Å²) >= 11 is 0. The third kappa shape index (κ3) is 10.3. The van der Waals surface area contributed by atoms with Crippen LogP contribution in [0, 0.1) is 18.3 Å². The summed E-state index contributed by atoms with van der Waals surface area (Å²) in [6.45, 7) is 16.8. The Bertz CT molecular complexity index is 1180. The summed E-state index contributed by atoms with van der Waals surface area (Å²) in [5.74, 6) is 4.61. The molecule has 196 valence electrons. The lowest BCUT2D eigenvalue weighted by atomic mass is 10.1.